The third-order valence-electron chi connectivity index (χ3n) is 10.1. The number of piperazine rings is 1. The quantitative estimate of drug-likeness (QED) is 0.329. The zero-order chi connectivity index (χ0) is 31.0. The molecule has 3 aliphatic heterocycles. The summed E-state index contributed by atoms with van der Waals surface area (Å²) in [5.41, 5.74) is 3.30. The Balaban J connectivity index is 1.22. The highest BCUT2D eigenvalue weighted by atomic mass is 16.5. The molecular formula is C35H41N7O3. The highest BCUT2D eigenvalue weighted by Crippen LogP contribution is 2.44. The van der Waals surface area contributed by atoms with E-state index in [4.69, 9.17) is 19.4 Å². The first-order valence-corrected chi connectivity index (χ1v) is 16.2. The number of nitriles is 1. The van der Waals surface area contributed by atoms with Crippen molar-refractivity contribution in [2.45, 2.75) is 56.7 Å². The van der Waals surface area contributed by atoms with Crippen molar-refractivity contribution in [3.8, 4) is 17.8 Å². The van der Waals surface area contributed by atoms with E-state index in [0.717, 1.165) is 72.8 Å². The van der Waals surface area contributed by atoms with Crippen LogP contribution in [0.1, 0.15) is 43.4 Å². The van der Waals surface area contributed by atoms with Crippen LogP contribution in [0.2, 0.25) is 0 Å². The SMILES string of the molecule is C=CC(=O)N1CCN(c2nc(OCC3(N4CCCC4)CC3)nc3c2CCN(c2cc(OC)cc4ccccc24)C3)C[C@@H]1CC#N. The summed E-state index contributed by atoms with van der Waals surface area (Å²) in [6.07, 6.45) is 7.15. The number of ether oxygens (including phenoxy) is 2. The van der Waals surface area contributed by atoms with Crippen LogP contribution in [0.5, 0.6) is 11.8 Å². The standard InChI is InChI=1S/C35H41N7O3/c1-3-32(43)42-19-18-40(22-26(42)10-14-36)33-29-11-17-39(31-21-27(44-2)20-25-8-4-5-9-28(25)31)23-30(29)37-34(38-33)45-24-35(12-13-35)41-15-6-7-16-41/h3-5,8-9,20-21,26H,1,6-7,10-13,15-19,22-24H2,2H3/t26-/m0/s1. The number of likely N-dealkylation sites (tertiary alicyclic amines) is 1. The smallest absolute Gasteiger partial charge is 0.318 e. The lowest BCUT2D eigenvalue weighted by Gasteiger charge is -2.42. The Morgan fingerprint density at radius 1 is 1.11 bits per heavy atom. The van der Waals surface area contributed by atoms with Gasteiger partial charge in [-0.2, -0.15) is 15.2 Å². The van der Waals surface area contributed by atoms with Gasteiger partial charge >= 0.3 is 6.01 Å². The third-order valence-corrected chi connectivity index (χ3v) is 10.1. The minimum atomic E-state index is -0.239. The van der Waals surface area contributed by atoms with Crippen molar-refractivity contribution in [2.24, 2.45) is 0 Å². The molecule has 1 saturated carbocycles. The number of carbonyl (C=O) groups is 1. The summed E-state index contributed by atoms with van der Waals surface area (Å²) in [7, 11) is 1.71. The summed E-state index contributed by atoms with van der Waals surface area (Å²) in [6, 6.07) is 15.0. The van der Waals surface area contributed by atoms with Crippen molar-refractivity contribution in [2.75, 3.05) is 62.8 Å². The van der Waals surface area contributed by atoms with Crippen molar-refractivity contribution < 1.29 is 14.3 Å². The van der Waals surface area contributed by atoms with E-state index in [9.17, 15) is 10.1 Å². The lowest BCUT2D eigenvalue weighted by molar-refractivity contribution is -0.128. The number of carbonyl (C=O) groups excluding carboxylic acids is 1. The largest absolute Gasteiger partial charge is 0.497 e. The maximum atomic E-state index is 12.6. The average Bonchev–Trinajstić information content (AvgIpc) is 3.66. The number of fused-ring (bicyclic) bond motifs is 2. The molecule has 3 aromatic rings. The molecule has 3 fully saturated rings. The van der Waals surface area contributed by atoms with Gasteiger partial charge in [-0.1, -0.05) is 30.8 Å². The van der Waals surface area contributed by atoms with Gasteiger partial charge in [0.2, 0.25) is 5.91 Å². The van der Waals surface area contributed by atoms with E-state index in [2.05, 4.69) is 63.7 Å². The van der Waals surface area contributed by atoms with Gasteiger partial charge in [0, 0.05) is 48.9 Å². The minimum absolute atomic E-state index is 0.107. The molecule has 0 bridgehead atoms. The van der Waals surface area contributed by atoms with Gasteiger partial charge in [0.25, 0.3) is 0 Å². The Labute approximate surface area is 264 Å². The molecule has 4 heterocycles. The van der Waals surface area contributed by atoms with Crippen molar-refractivity contribution >= 4 is 28.2 Å². The van der Waals surface area contributed by atoms with Gasteiger partial charge in [0.1, 0.15) is 18.2 Å². The fourth-order valence-electron chi connectivity index (χ4n) is 7.38. The molecule has 2 saturated heterocycles. The van der Waals surface area contributed by atoms with Crippen molar-refractivity contribution in [3.63, 3.8) is 0 Å². The van der Waals surface area contributed by atoms with Crippen LogP contribution in [0.4, 0.5) is 11.5 Å². The van der Waals surface area contributed by atoms with Crippen molar-refractivity contribution in [1.29, 1.82) is 5.26 Å². The molecular weight excluding hydrogens is 566 g/mol. The van der Waals surface area contributed by atoms with E-state index in [1.54, 1.807) is 12.0 Å². The van der Waals surface area contributed by atoms with Gasteiger partial charge in [0.15, 0.2) is 0 Å². The second-order valence-corrected chi connectivity index (χ2v) is 12.7. The highest BCUT2D eigenvalue weighted by molar-refractivity contribution is 5.96. The number of amides is 1. The van der Waals surface area contributed by atoms with Gasteiger partial charge in [-0.15, -0.1) is 0 Å². The lowest BCUT2D eigenvalue weighted by Crippen LogP contribution is -2.55. The summed E-state index contributed by atoms with van der Waals surface area (Å²) in [5, 5.41) is 11.9. The van der Waals surface area contributed by atoms with Crippen LogP contribution in [0.15, 0.2) is 49.1 Å². The van der Waals surface area contributed by atoms with E-state index in [1.807, 2.05) is 0 Å². The van der Waals surface area contributed by atoms with E-state index in [-0.39, 0.29) is 23.9 Å². The van der Waals surface area contributed by atoms with Crippen LogP contribution in [0.25, 0.3) is 10.8 Å². The van der Waals surface area contributed by atoms with Crippen molar-refractivity contribution in [3.05, 3.63) is 60.3 Å². The monoisotopic (exact) mass is 607 g/mol. The van der Waals surface area contributed by atoms with Crippen molar-refractivity contribution in [1.82, 2.24) is 19.8 Å². The summed E-state index contributed by atoms with van der Waals surface area (Å²) in [5.74, 6) is 1.56. The molecule has 1 atom stereocenters. The molecule has 0 unspecified atom stereocenters. The van der Waals surface area contributed by atoms with Gasteiger partial charge < -0.3 is 24.2 Å². The third kappa shape index (κ3) is 5.66. The average molecular weight is 608 g/mol. The van der Waals surface area contributed by atoms with Crippen LogP contribution >= 0.6 is 0 Å². The topological polar surface area (TPSA) is 98.1 Å². The predicted molar refractivity (Wildman–Crippen MR) is 174 cm³/mol. The number of rotatable bonds is 9. The van der Waals surface area contributed by atoms with Crippen LogP contribution in [-0.2, 0) is 17.8 Å². The molecule has 1 aromatic heterocycles. The number of anilines is 2. The van der Waals surface area contributed by atoms with Gasteiger partial charge in [0.05, 0.1) is 43.4 Å². The van der Waals surface area contributed by atoms with Crippen LogP contribution < -0.4 is 19.3 Å². The molecule has 10 heteroatoms. The number of hydrogen-bond donors (Lipinski definition) is 0. The fraction of sp³-hybridized carbons (Fsp3) is 0.486. The maximum Gasteiger partial charge on any atom is 0.318 e. The molecule has 1 aliphatic carbocycles. The molecule has 4 aliphatic rings. The zero-order valence-electron chi connectivity index (χ0n) is 26.1. The highest BCUT2D eigenvalue weighted by Gasteiger charge is 2.49. The number of aromatic nitrogens is 2. The number of nitrogens with zero attached hydrogens (tertiary/aromatic N) is 7. The summed E-state index contributed by atoms with van der Waals surface area (Å²) < 4.78 is 12.2. The van der Waals surface area contributed by atoms with Gasteiger partial charge in [-0.3, -0.25) is 9.69 Å². The number of hydrogen-bond acceptors (Lipinski definition) is 9. The van der Waals surface area contributed by atoms with Gasteiger partial charge in [-0.05, 0) is 62.7 Å². The minimum Gasteiger partial charge on any atom is -0.497 e. The Morgan fingerprint density at radius 2 is 1.93 bits per heavy atom. The van der Waals surface area contributed by atoms with Gasteiger partial charge in [-0.25, -0.2) is 0 Å². The first kappa shape index (κ1) is 29.4. The predicted octanol–water partition coefficient (Wildman–Crippen LogP) is 4.33. The Kier molecular flexibility index (Phi) is 7.96. The molecule has 0 radical (unpaired) electrons. The Morgan fingerprint density at radius 3 is 2.69 bits per heavy atom. The van der Waals surface area contributed by atoms with Crippen LogP contribution in [0.3, 0.4) is 0 Å². The van der Waals surface area contributed by atoms with E-state index < -0.39 is 0 Å². The molecule has 45 heavy (non-hydrogen) atoms. The summed E-state index contributed by atoms with van der Waals surface area (Å²) in [6.45, 7) is 9.60. The zero-order valence-corrected chi connectivity index (χ0v) is 26.1. The second-order valence-electron chi connectivity index (χ2n) is 12.7. The normalized spacial score (nSPS) is 20.9. The van der Waals surface area contributed by atoms with E-state index in [0.29, 0.717) is 38.8 Å². The first-order chi connectivity index (χ1) is 22.0. The molecule has 0 spiro atoms. The molecule has 234 valence electrons. The molecule has 10 nitrogen and oxygen atoms in total. The van der Waals surface area contributed by atoms with Crippen LogP contribution in [-0.4, -0.2) is 90.2 Å². The molecule has 2 aromatic carbocycles. The van der Waals surface area contributed by atoms with Crippen LogP contribution in [0, 0.1) is 11.3 Å². The Hall–Kier alpha value is -4.36. The number of methoxy groups -OCH3 is 1. The van der Waals surface area contributed by atoms with E-state index >= 15 is 0 Å². The summed E-state index contributed by atoms with van der Waals surface area (Å²) in [4.78, 5) is 31.7. The maximum absolute atomic E-state index is 12.6. The Bertz CT molecular complexity index is 1640. The first-order valence-electron chi connectivity index (χ1n) is 16.2. The lowest BCUT2D eigenvalue weighted by atomic mass is 10.0. The number of benzene rings is 2. The summed E-state index contributed by atoms with van der Waals surface area (Å²) >= 11 is 0. The molecule has 0 N–H and O–H groups in total. The molecule has 7 rings (SSSR count). The second kappa shape index (κ2) is 12.2. The fourth-order valence-corrected chi connectivity index (χ4v) is 7.38. The van der Waals surface area contributed by atoms with E-state index in [1.165, 1.54) is 24.3 Å². The molecule has 1 amide bonds.